The van der Waals surface area contributed by atoms with Gasteiger partial charge in [-0.05, 0) is 19.8 Å². The summed E-state index contributed by atoms with van der Waals surface area (Å²) in [5.74, 6) is 0. The lowest BCUT2D eigenvalue weighted by atomic mass is 10.1. The second-order valence-corrected chi connectivity index (χ2v) is 3.76. The summed E-state index contributed by atoms with van der Waals surface area (Å²) in [6.45, 7) is 10.5. The first-order chi connectivity index (χ1) is 5.79. The van der Waals surface area contributed by atoms with Gasteiger partial charge < -0.3 is 5.32 Å². The van der Waals surface area contributed by atoms with Crippen LogP contribution in [-0.2, 0) is 0 Å². The number of nitrogens with zero attached hydrogens (tertiary/aromatic N) is 1. The first kappa shape index (κ1) is 10.0. The molecule has 0 aromatic heterocycles. The fourth-order valence-electron chi connectivity index (χ4n) is 1.97. The van der Waals surface area contributed by atoms with Crippen LogP contribution in [-0.4, -0.2) is 36.6 Å². The average molecular weight is 170 g/mol. The maximum absolute atomic E-state index is 3.45. The van der Waals surface area contributed by atoms with Crippen LogP contribution in [0.25, 0.3) is 0 Å². The fraction of sp³-hybridized carbons (Fsp3) is 1.00. The molecule has 0 amide bonds. The molecule has 1 aliphatic heterocycles. The van der Waals surface area contributed by atoms with Crippen LogP contribution in [0.3, 0.4) is 0 Å². The van der Waals surface area contributed by atoms with Crippen LogP contribution in [0, 0.1) is 0 Å². The summed E-state index contributed by atoms with van der Waals surface area (Å²) in [6.07, 6.45) is 2.55. The highest BCUT2D eigenvalue weighted by molar-refractivity contribution is 4.81. The van der Waals surface area contributed by atoms with Crippen LogP contribution in [0.5, 0.6) is 0 Å². The number of rotatable bonds is 3. The Labute approximate surface area is 76.3 Å². The van der Waals surface area contributed by atoms with E-state index in [1.165, 1.54) is 32.5 Å². The first-order valence-corrected chi connectivity index (χ1v) is 5.26. The van der Waals surface area contributed by atoms with Crippen LogP contribution in [0.1, 0.15) is 33.6 Å². The standard InChI is InChI=1S/C10H22N2/c1-4-9(3)12-7-6-11-8-10(12)5-2/h9-11H,4-8H2,1-3H3. The van der Waals surface area contributed by atoms with Crippen molar-refractivity contribution in [3.05, 3.63) is 0 Å². The summed E-state index contributed by atoms with van der Waals surface area (Å²) in [4.78, 5) is 2.65. The molecule has 1 N–H and O–H groups in total. The Balaban J connectivity index is 2.46. The SMILES string of the molecule is CCC(C)N1CCNCC1CC. The Kier molecular flexibility index (Phi) is 4.02. The molecular formula is C10H22N2. The molecule has 72 valence electrons. The van der Waals surface area contributed by atoms with Gasteiger partial charge in [0.2, 0.25) is 0 Å². The van der Waals surface area contributed by atoms with Crippen molar-refractivity contribution in [2.24, 2.45) is 0 Å². The van der Waals surface area contributed by atoms with Crippen molar-refractivity contribution in [3.63, 3.8) is 0 Å². The Morgan fingerprint density at radius 2 is 2.25 bits per heavy atom. The first-order valence-electron chi connectivity index (χ1n) is 5.26. The number of hydrogen-bond donors (Lipinski definition) is 1. The van der Waals surface area contributed by atoms with E-state index in [0.717, 1.165) is 12.1 Å². The smallest absolute Gasteiger partial charge is 0.0221 e. The van der Waals surface area contributed by atoms with E-state index in [9.17, 15) is 0 Å². The third kappa shape index (κ3) is 2.20. The molecule has 0 aromatic carbocycles. The summed E-state index contributed by atoms with van der Waals surface area (Å²) in [5, 5.41) is 3.45. The van der Waals surface area contributed by atoms with Gasteiger partial charge in [0, 0.05) is 31.7 Å². The molecule has 1 saturated heterocycles. The summed E-state index contributed by atoms with van der Waals surface area (Å²) in [7, 11) is 0. The van der Waals surface area contributed by atoms with E-state index in [1.54, 1.807) is 0 Å². The number of nitrogens with one attached hydrogen (secondary N) is 1. The van der Waals surface area contributed by atoms with Gasteiger partial charge in [0.15, 0.2) is 0 Å². The topological polar surface area (TPSA) is 15.3 Å². The van der Waals surface area contributed by atoms with E-state index < -0.39 is 0 Å². The normalized spacial score (nSPS) is 28.8. The van der Waals surface area contributed by atoms with Gasteiger partial charge in [-0.3, -0.25) is 4.90 Å². The minimum atomic E-state index is 0.761. The van der Waals surface area contributed by atoms with Crippen molar-refractivity contribution in [2.75, 3.05) is 19.6 Å². The van der Waals surface area contributed by atoms with Crippen molar-refractivity contribution in [3.8, 4) is 0 Å². The van der Waals surface area contributed by atoms with Crippen LogP contribution in [0.2, 0.25) is 0 Å². The molecule has 12 heavy (non-hydrogen) atoms. The van der Waals surface area contributed by atoms with Gasteiger partial charge in [-0.2, -0.15) is 0 Å². The highest BCUT2D eigenvalue weighted by Gasteiger charge is 2.23. The quantitative estimate of drug-likeness (QED) is 0.690. The van der Waals surface area contributed by atoms with Crippen molar-refractivity contribution in [1.82, 2.24) is 10.2 Å². The summed E-state index contributed by atoms with van der Waals surface area (Å²) in [5.41, 5.74) is 0. The Hall–Kier alpha value is -0.0800. The highest BCUT2D eigenvalue weighted by Crippen LogP contribution is 2.12. The molecule has 0 saturated carbocycles. The fourth-order valence-corrected chi connectivity index (χ4v) is 1.97. The zero-order chi connectivity index (χ0) is 8.97. The highest BCUT2D eigenvalue weighted by atomic mass is 15.2. The molecule has 0 spiro atoms. The molecule has 2 heteroatoms. The van der Waals surface area contributed by atoms with E-state index in [-0.39, 0.29) is 0 Å². The van der Waals surface area contributed by atoms with Gasteiger partial charge >= 0.3 is 0 Å². The summed E-state index contributed by atoms with van der Waals surface area (Å²) < 4.78 is 0. The Morgan fingerprint density at radius 1 is 1.50 bits per heavy atom. The van der Waals surface area contributed by atoms with Crippen molar-refractivity contribution in [1.29, 1.82) is 0 Å². The van der Waals surface area contributed by atoms with Gasteiger partial charge in [0.1, 0.15) is 0 Å². The maximum Gasteiger partial charge on any atom is 0.0221 e. The lowest BCUT2D eigenvalue weighted by Crippen LogP contribution is -2.54. The van der Waals surface area contributed by atoms with Gasteiger partial charge in [0.05, 0.1) is 0 Å². The predicted molar refractivity (Wildman–Crippen MR) is 53.4 cm³/mol. The van der Waals surface area contributed by atoms with Crippen molar-refractivity contribution >= 4 is 0 Å². The molecule has 0 radical (unpaired) electrons. The zero-order valence-electron chi connectivity index (χ0n) is 8.64. The molecule has 1 fully saturated rings. The molecule has 1 heterocycles. The molecule has 2 atom stereocenters. The number of piperazine rings is 1. The third-order valence-electron chi connectivity index (χ3n) is 3.02. The molecular weight excluding hydrogens is 148 g/mol. The zero-order valence-corrected chi connectivity index (χ0v) is 8.64. The van der Waals surface area contributed by atoms with Crippen LogP contribution >= 0.6 is 0 Å². The van der Waals surface area contributed by atoms with Crippen molar-refractivity contribution < 1.29 is 0 Å². The van der Waals surface area contributed by atoms with Crippen LogP contribution < -0.4 is 5.32 Å². The van der Waals surface area contributed by atoms with E-state index in [4.69, 9.17) is 0 Å². The third-order valence-corrected chi connectivity index (χ3v) is 3.02. The molecule has 1 rings (SSSR count). The Bertz CT molecular complexity index is 125. The molecule has 0 bridgehead atoms. The van der Waals surface area contributed by atoms with Gasteiger partial charge in [-0.1, -0.05) is 13.8 Å². The monoisotopic (exact) mass is 170 g/mol. The van der Waals surface area contributed by atoms with Gasteiger partial charge in [-0.25, -0.2) is 0 Å². The van der Waals surface area contributed by atoms with Crippen LogP contribution in [0.4, 0.5) is 0 Å². The predicted octanol–water partition coefficient (Wildman–Crippen LogP) is 1.47. The van der Waals surface area contributed by atoms with Gasteiger partial charge in [0.25, 0.3) is 0 Å². The van der Waals surface area contributed by atoms with E-state index in [2.05, 4.69) is 31.0 Å². The minimum Gasteiger partial charge on any atom is -0.314 e. The molecule has 0 aliphatic carbocycles. The second-order valence-electron chi connectivity index (χ2n) is 3.76. The number of hydrogen-bond acceptors (Lipinski definition) is 2. The van der Waals surface area contributed by atoms with E-state index in [0.29, 0.717) is 0 Å². The molecule has 1 aliphatic rings. The Morgan fingerprint density at radius 3 is 2.83 bits per heavy atom. The van der Waals surface area contributed by atoms with Gasteiger partial charge in [-0.15, -0.1) is 0 Å². The largest absolute Gasteiger partial charge is 0.314 e. The molecule has 2 unspecified atom stereocenters. The molecule has 0 aromatic rings. The van der Waals surface area contributed by atoms with Crippen LogP contribution in [0.15, 0.2) is 0 Å². The minimum absolute atomic E-state index is 0.761. The van der Waals surface area contributed by atoms with E-state index >= 15 is 0 Å². The van der Waals surface area contributed by atoms with E-state index in [1.807, 2.05) is 0 Å². The lowest BCUT2D eigenvalue weighted by molar-refractivity contribution is 0.109. The molecule has 2 nitrogen and oxygen atoms in total. The lowest BCUT2D eigenvalue weighted by Gasteiger charge is -2.39. The summed E-state index contributed by atoms with van der Waals surface area (Å²) in [6, 6.07) is 1.53. The second kappa shape index (κ2) is 4.83. The van der Waals surface area contributed by atoms with Crippen molar-refractivity contribution in [2.45, 2.75) is 45.7 Å². The average Bonchev–Trinajstić information content (AvgIpc) is 2.16. The maximum atomic E-state index is 3.45. The summed E-state index contributed by atoms with van der Waals surface area (Å²) >= 11 is 0.